The van der Waals surface area contributed by atoms with E-state index < -0.39 is 10.9 Å². The molecule has 3 aromatic rings. The number of Topliss-reactive ketones (excluding diaryl/α,β-unsaturated/α-hetero) is 2. The fourth-order valence-electron chi connectivity index (χ4n) is 4.14. The van der Waals surface area contributed by atoms with Gasteiger partial charge in [0.25, 0.3) is 5.69 Å². The molecular formula is C32H35N5O7. The molecule has 0 radical (unpaired) electrons. The Kier molecular flexibility index (Phi) is 12.8. The van der Waals surface area contributed by atoms with E-state index in [0.29, 0.717) is 36.6 Å². The van der Waals surface area contributed by atoms with Gasteiger partial charge < -0.3 is 15.0 Å². The second kappa shape index (κ2) is 17.0. The summed E-state index contributed by atoms with van der Waals surface area (Å²) in [5, 5.41) is 21.8. The normalized spacial score (nSPS) is 10.8. The first-order valence-corrected chi connectivity index (χ1v) is 14.2. The number of carbonyl (C=O) groups excluding carboxylic acids is 4. The molecule has 1 amide bonds. The number of aryl methyl sites for hydroxylation is 1. The molecular weight excluding hydrogens is 566 g/mol. The van der Waals surface area contributed by atoms with Gasteiger partial charge in [-0.3, -0.25) is 29.3 Å². The zero-order valence-corrected chi connectivity index (χ0v) is 24.7. The number of ketones is 2. The topological polar surface area (TPSA) is 161 Å². The number of hydrogen-bond acceptors (Lipinski definition) is 10. The van der Waals surface area contributed by atoms with Crippen LogP contribution in [0.15, 0.2) is 83.0 Å². The number of nitrogens with zero attached hydrogens (tertiary/aromatic N) is 4. The molecule has 44 heavy (non-hydrogen) atoms. The molecule has 0 bridgehead atoms. The molecule has 0 unspecified atom stereocenters. The summed E-state index contributed by atoms with van der Waals surface area (Å²) in [6, 6.07) is 20.2. The number of ether oxygens (including phenoxy) is 1. The number of nitro groups is 1. The van der Waals surface area contributed by atoms with E-state index in [1.807, 2.05) is 36.1 Å². The maximum Gasteiger partial charge on any atom is 0.306 e. The Labute approximate surface area is 255 Å². The minimum absolute atomic E-state index is 0.0152. The zero-order chi connectivity index (χ0) is 31.9. The van der Waals surface area contributed by atoms with Crippen LogP contribution in [0.25, 0.3) is 0 Å². The number of nitrogens with one attached hydrogen (secondary N) is 1. The van der Waals surface area contributed by atoms with Crippen molar-refractivity contribution in [2.75, 3.05) is 29.9 Å². The van der Waals surface area contributed by atoms with Crippen LogP contribution in [-0.4, -0.2) is 48.1 Å². The summed E-state index contributed by atoms with van der Waals surface area (Å²) in [5.74, 6) is -1.02. The van der Waals surface area contributed by atoms with Crippen LogP contribution in [0.1, 0.15) is 45.1 Å². The van der Waals surface area contributed by atoms with Gasteiger partial charge in [0.2, 0.25) is 5.91 Å². The molecule has 0 saturated heterocycles. The van der Waals surface area contributed by atoms with Gasteiger partial charge in [-0.1, -0.05) is 12.1 Å². The Hall–Kier alpha value is -5.26. The number of carbonyl (C=O) groups is 4. The first-order chi connectivity index (χ1) is 21.1. The van der Waals surface area contributed by atoms with Crippen molar-refractivity contribution in [3.63, 3.8) is 0 Å². The Morgan fingerprint density at radius 1 is 0.864 bits per heavy atom. The maximum atomic E-state index is 12.3. The Morgan fingerprint density at radius 2 is 1.48 bits per heavy atom. The third kappa shape index (κ3) is 11.6. The number of non-ortho nitro benzene ring substituents is 1. The highest BCUT2D eigenvalue weighted by Crippen LogP contribution is 2.23. The predicted octanol–water partition coefficient (Wildman–Crippen LogP) is 6.28. The third-order valence-corrected chi connectivity index (χ3v) is 6.49. The summed E-state index contributed by atoms with van der Waals surface area (Å²) in [7, 11) is 0. The Bertz CT molecular complexity index is 1470. The van der Waals surface area contributed by atoms with Gasteiger partial charge in [-0.25, -0.2) is 0 Å². The van der Waals surface area contributed by atoms with Crippen molar-refractivity contribution < 1.29 is 28.8 Å². The quantitative estimate of drug-likeness (QED) is 0.0622. The lowest BCUT2D eigenvalue weighted by Crippen LogP contribution is -2.28. The number of anilines is 2. The highest BCUT2D eigenvalue weighted by Gasteiger charge is 2.11. The van der Waals surface area contributed by atoms with E-state index in [4.69, 9.17) is 4.74 Å². The number of benzene rings is 3. The zero-order valence-electron chi connectivity index (χ0n) is 24.7. The smallest absolute Gasteiger partial charge is 0.306 e. The summed E-state index contributed by atoms with van der Waals surface area (Å²) in [5.41, 5.74) is 3.51. The van der Waals surface area contributed by atoms with Gasteiger partial charge in [0.1, 0.15) is 18.2 Å². The number of nitro benzene ring substituents is 1. The average Bonchev–Trinajstić information content (AvgIpc) is 3.01. The molecule has 0 aliphatic carbocycles. The van der Waals surface area contributed by atoms with Gasteiger partial charge >= 0.3 is 5.97 Å². The van der Waals surface area contributed by atoms with Crippen LogP contribution in [-0.2, 0) is 30.3 Å². The van der Waals surface area contributed by atoms with E-state index in [2.05, 4.69) is 15.5 Å². The summed E-state index contributed by atoms with van der Waals surface area (Å²) in [4.78, 5) is 59.5. The van der Waals surface area contributed by atoms with Gasteiger partial charge in [0.05, 0.1) is 35.7 Å². The van der Waals surface area contributed by atoms with Crippen molar-refractivity contribution in [1.29, 1.82) is 0 Å². The molecule has 0 aromatic heterocycles. The van der Waals surface area contributed by atoms with Gasteiger partial charge in [-0.2, -0.15) is 10.2 Å². The van der Waals surface area contributed by atoms with Gasteiger partial charge in [0, 0.05) is 42.9 Å². The monoisotopic (exact) mass is 601 g/mol. The Balaban J connectivity index is 1.36. The fourth-order valence-corrected chi connectivity index (χ4v) is 4.14. The molecule has 0 atom stereocenters. The van der Waals surface area contributed by atoms with Crippen LogP contribution < -0.4 is 10.2 Å². The molecule has 1 N–H and O–H groups in total. The lowest BCUT2D eigenvalue weighted by molar-refractivity contribution is -0.384. The van der Waals surface area contributed by atoms with E-state index >= 15 is 0 Å². The molecule has 0 aliphatic rings. The number of likely N-dealkylation sites (N-methyl/N-ethyl adjacent to an activating group) is 1. The number of esters is 1. The standard InChI is InChI=1S/C32H35N5O7/c1-3-36(28-13-9-26(10-14-28)34-35-27-11-15-29(16-12-27)37(42)43)20-21-44-32(41)19-18-31(40)33-25-7-4-24(5-8-25)6-17-30(39)22-23(2)38/h4-5,7-16H,3,6,17-22H2,1-2H3,(H,33,40). The molecule has 0 fully saturated rings. The molecule has 0 heterocycles. The predicted molar refractivity (Wildman–Crippen MR) is 165 cm³/mol. The summed E-state index contributed by atoms with van der Waals surface area (Å²) >= 11 is 0. The average molecular weight is 602 g/mol. The Morgan fingerprint density at radius 3 is 2.05 bits per heavy atom. The van der Waals surface area contributed by atoms with Gasteiger partial charge in [0.15, 0.2) is 0 Å². The van der Waals surface area contributed by atoms with Crippen LogP contribution in [0.4, 0.5) is 28.4 Å². The summed E-state index contributed by atoms with van der Waals surface area (Å²) in [6.45, 7) is 4.67. The second-order valence-electron chi connectivity index (χ2n) is 9.95. The van der Waals surface area contributed by atoms with Gasteiger partial charge in [-0.05, 0) is 74.4 Å². The first-order valence-electron chi connectivity index (χ1n) is 14.2. The van der Waals surface area contributed by atoms with Crippen LogP contribution in [0.5, 0.6) is 0 Å². The lowest BCUT2D eigenvalue weighted by Gasteiger charge is -2.23. The fraction of sp³-hybridized carbons (Fsp3) is 0.312. The molecule has 230 valence electrons. The molecule has 3 rings (SSSR count). The first kappa shape index (κ1) is 33.2. The van der Waals surface area contributed by atoms with E-state index in [1.165, 1.54) is 31.2 Å². The van der Waals surface area contributed by atoms with Crippen molar-refractivity contribution in [1.82, 2.24) is 0 Å². The third-order valence-electron chi connectivity index (χ3n) is 6.49. The van der Waals surface area contributed by atoms with Gasteiger partial charge in [-0.15, -0.1) is 0 Å². The number of rotatable bonds is 17. The minimum atomic E-state index is -0.475. The number of azo groups is 1. The maximum absolute atomic E-state index is 12.3. The van der Waals surface area contributed by atoms with Crippen LogP contribution in [0.2, 0.25) is 0 Å². The van der Waals surface area contributed by atoms with E-state index in [0.717, 1.165) is 11.3 Å². The largest absolute Gasteiger partial charge is 0.464 e. The molecule has 0 saturated carbocycles. The van der Waals surface area contributed by atoms with Crippen molar-refractivity contribution in [2.45, 2.75) is 46.0 Å². The lowest BCUT2D eigenvalue weighted by atomic mass is 10.0. The molecule has 12 nitrogen and oxygen atoms in total. The van der Waals surface area contributed by atoms with Crippen LogP contribution >= 0.6 is 0 Å². The molecule has 0 aliphatic heterocycles. The summed E-state index contributed by atoms with van der Waals surface area (Å²) < 4.78 is 5.33. The number of hydrogen-bond donors (Lipinski definition) is 1. The summed E-state index contributed by atoms with van der Waals surface area (Å²) in [6.07, 6.45) is 0.684. The highest BCUT2D eigenvalue weighted by atomic mass is 16.6. The van der Waals surface area contributed by atoms with Crippen molar-refractivity contribution in [2.24, 2.45) is 10.2 Å². The van der Waals surface area contributed by atoms with E-state index in [1.54, 1.807) is 24.3 Å². The van der Waals surface area contributed by atoms with Crippen LogP contribution in [0, 0.1) is 10.1 Å². The van der Waals surface area contributed by atoms with Crippen LogP contribution in [0.3, 0.4) is 0 Å². The molecule has 3 aromatic carbocycles. The van der Waals surface area contributed by atoms with Crippen molar-refractivity contribution >= 4 is 51.9 Å². The molecule has 12 heteroatoms. The molecule has 0 spiro atoms. The van der Waals surface area contributed by atoms with Crippen molar-refractivity contribution in [3.8, 4) is 0 Å². The number of amides is 1. The van der Waals surface area contributed by atoms with Crippen molar-refractivity contribution in [3.05, 3.63) is 88.5 Å². The van der Waals surface area contributed by atoms with E-state index in [9.17, 15) is 29.3 Å². The second-order valence-corrected chi connectivity index (χ2v) is 9.95. The SMILES string of the molecule is CCN(CCOC(=O)CCC(=O)Nc1ccc(CCC(=O)CC(C)=O)cc1)c1ccc(N=Nc2ccc([N+](=O)[O-])cc2)cc1. The minimum Gasteiger partial charge on any atom is -0.464 e. The van der Waals surface area contributed by atoms with E-state index in [-0.39, 0.29) is 55.5 Å². The highest BCUT2D eigenvalue weighted by molar-refractivity contribution is 5.98.